The Morgan fingerprint density at radius 1 is 1.24 bits per heavy atom. The minimum absolute atomic E-state index is 0.0299. The molecular weight excluding hydrogens is 491 g/mol. The molecule has 12 heteroatoms. The molecule has 0 bridgehead atoms. The third kappa shape index (κ3) is 7.75. The number of carbonyl (C=O) groups is 2. The number of likely N-dealkylation sites (tertiary alicyclic amines) is 1. The second-order valence-electron chi connectivity index (χ2n) is 9.87. The summed E-state index contributed by atoms with van der Waals surface area (Å²) in [4.78, 5) is 24.1. The van der Waals surface area contributed by atoms with Gasteiger partial charge in [0, 0.05) is 24.5 Å². The fourth-order valence-electron chi connectivity index (χ4n) is 4.46. The number of aliphatic carboxylic acids is 1. The van der Waals surface area contributed by atoms with Crippen molar-refractivity contribution >= 4 is 11.9 Å². The predicted octanol–water partition coefficient (Wildman–Crippen LogP) is 3.56. The lowest BCUT2D eigenvalue weighted by Crippen LogP contribution is -2.44. The first-order valence-electron chi connectivity index (χ1n) is 12.3. The highest BCUT2D eigenvalue weighted by Crippen LogP contribution is 2.37. The smallest absolute Gasteiger partial charge is 0.475 e. The second kappa shape index (κ2) is 12.0. The fourth-order valence-corrected chi connectivity index (χ4v) is 4.46. The largest absolute Gasteiger partial charge is 0.490 e. The number of carbonyl (C=O) groups excluding carboxylic acids is 1. The Morgan fingerprint density at radius 3 is 2.51 bits per heavy atom. The average molecular weight is 526 g/mol. The maximum Gasteiger partial charge on any atom is 0.490 e. The number of hydrogen-bond acceptors (Lipinski definition) is 6. The molecule has 3 heterocycles. The maximum absolute atomic E-state index is 12.7. The van der Waals surface area contributed by atoms with Crippen LogP contribution in [0.4, 0.5) is 13.2 Å². The number of aryl methyl sites for hydroxylation is 1. The molecule has 1 aromatic heterocycles. The first-order chi connectivity index (χ1) is 17.4. The quantitative estimate of drug-likeness (QED) is 0.614. The third-order valence-corrected chi connectivity index (χ3v) is 6.80. The van der Waals surface area contributed by atoms with Crippen LogP contribution in [0.1, 0.15) is 60.7 Å². The number of benzene rings is 1. The number of nitrogens with one attached hydrogen (secondary N) is 1. The van der Waals surface area contributed by atoms with Crippen LogP contribution in [0, 0.1) is 12.3 Å². The van der Waals surface area contributed by atoms with Crippen LogP contribution >= 0.6 is 0 Å². The molecule has 1 aromatic carbocycles. The van der Waals surface area contributed by atoms with E-state index in [0.717, 1.165) is 51.3 Å². The van der Waals surface area contributed by atoms with E-state index >= 15 is 0 Å². The van der Waals surface area contributed by atoms with Crippen LogP contribution in [0.3, 0.4) is 0 Å². The third-order valence-electron chi connectivity index (χ3n) is 6.80. The lowest BCUT2D eigenvalue weighted by molar-refractivity contribution is -0.192. The van der Waals surface area contributed by atoms with E-state index in [9.17, 15) is 18.0 Å². The van der Waals surface area contributed by atoms with Crippen molar-refractivity contribution in [3.63, 3.8) is 0 Å². The van der Waals surface area contributed by atoms with Crippen molar-refractivity contribution in [1.82, 2.24) is 25.0 Å². The van der Waals surface area contributed by atoms with Crippen LogP contribution in [0.15, 0.2) is 24.3 Å². The average Bonchev–Trinajstić information content (AvgIpc) is 3.13. The van der Waals surface area contributed by atoms with E-state index in [1.165, 1.54) is 11.1 Å². The topological polar surface area (TPSA) is 110 Å². The maximum atomic E-state index is 12.7. The Kier molecular flexibility index (Phi) is 9.30. The zero-order valence-corrected chi connectivity index (χ0v) is 21.3. The van der Waals surface area contributed by atoms with Crippen LogP contribution in [-0.2, 0) is 29.2 Å². The number of rotatable bonds is 5. The molecule has 204 valence electrons. The van der Waals surface area contributed by atoms with Crippen LogP contribution in [0.2, 0.25) is 0 Å². The van der Waals surface area contributed by atoms with E-state index in [1.54, 1.807) is 0 Å². The Balaban J connectivity index is 0.000000479. The Hall–Kier alpha value is -2.99. The molecule has 2 aliphatic rings. The molecular formula is C25H34F3N5O4. The van der Waals surface area contributed by atoms with Crippen molar-refractivity contribution in [2.75, 3.05) is 19.7 Å². The molecule has 1 fully saturated rings. The van der Waals surface area contributed by atoms with Gasteiger partial charge in [0.05, 0.1) is 6.61 Å². The van der Waals surface area contributed by atoms with Crippen LogP contribution in [0.5, 0.6) is 0 Å². The first-order valence-corrected chi connectivity index (χ1v) is 12.3. The zero-order chi connectivity index (χ0) is 27.2. The molecule has 0 aliphatic carbocycles. The fraction of sp³-hybridized carbons (Fsp3) is 0.600. The Labute approximate surface area is 214 Å². The number of piperidine rings is 1. The number of carboxylic acids is 1. The number of hydrogen-bond donors (Lipinski definition) is 2. The predicted molar refractivity (Wildman–Crippen MR) is 129 cm³/mol. The van der Waals surface area contributed by atoms with Gasteiger partial charge in [-0.25, -0.2) is 4.79 Å². The molecule has 0 saturated carbocycles. The van der Waals surface area contributed by atoms with Crippen molar-refractivity contribution in [3.8, 4) is 0 Å². The second-order valence-corrected chi connectivity index (χ2v) is 9.87. The zero-order valence-electron chi connectivity index (χ0n) is 21.3. The summed E-state index contributed by atoms with van der Waals surface area (Å²) < 4.78 is 39.7. The van der Waals surface area contributed by atoms with Crippen molar-refractivity contribution in [2.45, 2.75) is 71.9 Å². The molecule has 2 N–H and O–H groups in total. The number of ether oxygens (including phenoxy) is 1. The molecule has 4 rings (SSSR count). The van der Waals surface area contributed by atoms with E-state index in [1.807, 2.05) is 11.5 Å². The van der Waals surface area contributed by atoms with Gasteiger partial charge in [0.15, 0.2) is 5.82 Å². The van der Waals surface area contributed by atoms with E-state index in [4.69, 9.17) is 14.6 Å². The minimum atomic E-state index is -5.08. The molecule has 2 aliphatic heterocycles. The van der Waals surface area contributed by atoms with Gasteiger partial charge in [-0.2, -0.15) is 13.2 Å². The van der Waals surface area contributed by atoms with Gasteiger partial charge >= 0.3 is 12.1 Å². The van der Waals surface area contributed by atoms with Crippen LogP contribution in [-0.4, -0.2) is 68.6 Å². The van der Waals surface area contributed by atoms with Crippen LogP contribution in [0.25, 0.3) is 0 Å². The summed E-state index contributed by atoms with van der Waals surface area (Å²) in [5, 5.41) is 18.6. The summed E-state index contributed by atoms with van der Waals surface area (Å²) >= 11 is 0. The van der Waals surface area contributed by atoms with Gasteiger partial charge in [-0.3, -0.25) is 9.69 Å². The molecule has 37 heavy (non-hydrogen) atoms. The van der Waals surface area contributed by atoms with E-state index in [2.05, 4.69) is 58.5 Å². The normalized spacial score (nSPS) is 18.2. The van der Waals surface area contributed by atoms with Crippen molar-refractivity contribution < 1.29 is 32.6 Å². The summed E-state index contributed by atoms with van der Waals surface area (Å²) in [5.41, 5.74) is 2.71. The number of alkyl halides is 3. The van der Waals surface area contributed by atoms with E-state index in [-0.39, 0.29) is 17.4 Å². The minimum Gasteiger partial charge on any atom is -0.475 e. The Bertz CT molecular complexity index is 1080. The van der Waals surface area contributed by atoms with Gasteiger partial charge < -0.3 is 19.7 Å². The van der Waals surface area contributed by atoms with Gasteiger partial charge in [-0.05, 0) is 51.8 Å². The number of halogens is 3. The number of nitrogens with zero attached hydrogens (tertiary/aromatic N) is 4. The number of carboxylic acid groups (broad SMARTS) is 1. The highest BCUT2D eigenvalue weighted by atomic mass is 19.4. The highest BCUT2D eigenvalue weighted by Gasteiger charge is 2.39. The number of aromatic nitrogens is 3. The molecule has 1 spiro atoms. The first kappa shape index (κ1) is 28.6. The summed E-state index contributed by atoms with van der Waals surface area (Å²) in [6.07, 6.45) is -2.11. The molecule has 2 aromatic rings. The van der Waals surface area contributed by atoms with Crippen molar-refractivity contribution in [2.24, 2.45) is 5.41 Å². The molecule has 1 unspecified atom stereocenters. The molecule has 9 nitrogen and oxygen atoms in total. The number of amides is 1. The monoisotopic (exact) mass is 525 g/mol. The highest BCUT2D eigenvalue weighted by molar-refractivity contribution is 5.90. The lowest BCUT2D eigenvalue weighted by Gasteiger charge is -2.41. The van der Waals surface area contributed by atoms with E-state index in [0.29, 0.717) is 19.0 Å². The van der Waals surface area contributed by atoms with Crippen molar-refractivity contribution in [1.29, 1.82) is 0 Å². The lowest BCUT2D eigenvalue weighted by atomic mass is 9.78. The summed E-state index contributed by atoms with van der Waals surface area (Å²) in [6.45, 7) is 11.1. The summed E-state index contributed by atoms with van der Waals surface area (Å²) in [7, 11) is 0. The molecule has 1 atom stereocenters. The SMILES string of the molecule is CCC(C)NC(=O)c1nnc2n1CC1(CCN(Cc3cccc(C)c3)CC1)COC2.O=C(O)C(F)(F)F. The number of fused-ring (bicyclic) bond motifs is 1. The van der Waals surface area contributed by atoms with E-state index < -0.39 is 12.1 Å². The van der Waals surface area contributed by atoms with Gasteiger partial charge in [0.25, 0.3) is 5.91 Å². The Morgan fingerprint density at radius 2 is 1.92 bits per heavy atom. The van der Waals surface area contributed by atoms with Crippen LogP contribution < -0.4 is 5.32 Å². The summed E-state index contributed by atoms with van der Waals surface area (Å²) in [5.74, 6) is -1.73. The van der Waals surface area contributed by atoms with Crippen molar-refractivity contribution in [3.05, 3.63) is 47.0 Å². The van der Waals surface area contributed by atoms with Gasteiger partial charge in [0.2, 0.25) is 5.82 Å². The standard InChI is InChI=1S/C23H33N5O2.C2HF3O2/c1-4-18(3)24-22(29)21-26-25-20-14-30-16-23(15-28(20)21)8-10-27(11-9-23)13-19-7-5-6-17(2)12-19;3-2(4,5)1(6)7/h5-7,12,18H,4,8-11,13-16H2,1-3H3,(H,24,29);(H,6,7). The molecule has 1 amide bonds. The summed E-state index contributed by atoms with van der Waals surface area (Å²) in [6, 6.07) is 8.87. The van der Waals surface area contributed by atoms with Gasteiger partial charge in [-0.1, -0.05) is 36.8 Å². The van der Waals surface area contributed by atoms with Gasteiger partial charge in [0.1, 0.15) is 6.61 Å². The van der Waals surface area contributed by atoms with Gasteiger partial charge in [-0.15, -0.1) is 10.2 Å². The molecule has 1 saturated heterocycles. The molecule has 0 radical (unpaired) electrons.